The SMILES string of the molecule is C[C@H]1CN(C(=O)C2CC2)CCN1c1ncnc2c1c(-c1ccccc1F)cn2-c1cc(C#N)ccn1. The number of nitriles is 1. The maximum atomic E-state index is 15.0. The van der Waals surface area contributed by atoms with Gasteiger partial charge in [0.05, 0.1) is 17.0 Å². The second kappa shape index (κ2) is 8.72. The molecule has 1 aliphatic heterocycles. The molecule has 0 radical (unpaired) electrons. The molecule has 2 aliphatic rings. The standard InChI is InChI=1S/C27H24FN7O/c1-17-14-33(27(36)19-6-7-19)10-11-34(17)25-24-21(20-4-2-3-5-22(20)28)15-35(26(24)32-16-31-25)23-12-18(13-29)8-9-30-23/h2-5,8-9,12,15-17,19H,6-7,10-11,14H2,1H3/t17-/m0/s1. The third-order valence-corrected chi connectivity index (χ3v) is 6.99. The minimum absolute atomic E-state index is 0.0245. The molecule has 0 bridgehead atoms. The molecule has 9 heteroatoms. The molecule has 1 aliphatic carbocycles. The van der Waals surface area contributed by atoms with Gasteiger partial charge in [-0.05, 0) is 38.0 Å². The molecule has 1 saturated heterocycles. The van der Waals surface area contributed by atoms with Crippen molar-refractivity contribution in [2.75, 3.05) is 24.5 Å². The molecule has 0 N–H and O–H groups in total. The van der Waals surface area contributed by atoms with Gasteiger partial charge in [-0.25, -0.2) is 19.3 Å². The highest BCUT2D eigenvalue weighted by molar-refractivity contribution is 6.02. The maximum absolute atomic E-state index is 15.0. The average molecular weight is 482 g/mol. The number of aromatic nitrogens is 4. The minimum atomic E-state index is -0.349. The third-order valence-electron chi connectivity index (χ3n) is 6.99. The van der Waals surface area contributed by atoms with Crippen LogP contribution in [0.25, 0.3) is 28.0 Å². The van der Waals surface area contributed by atoms with Gasteiger partial charge in [0.2, 0.25) is 5.91 Å². The zero-order valence-corrected chi connectivity index (χ0v) is 19.8. The Morgan fingerprint density at radius 3 is 2.69 bits per heavy atom. The van der Waals surface area contributed by atoms with E-state index >= 15 is 4.39 Å². The number of amides is 1. The number of pyridine rings is 1. The number of fused-ring (bicyclic) bond motifs is 1. The van der Waals surface area contributed by atoms with Gasteiger partial charge in [-0.3, -0.25) is 9.36 Å². The molecule has 6 rings (SSSR count). The lowest BCUT2D eigenvalue weighted by atomic mass is 10.0. The third kappa shape index (κ3) is 3.75. The zero-order valence-electron chi connectivity index (χ0n) is 19.8. The fraction of sp³-hybridized carbons (Fsp3) is 0.296. The molecule has 8 nitrogen and oxygen atoms in total. The van der Waals surface area contributed by atoms with Crippen molar-refractivity contribution in [1.82, 2.24) is 24.4 Å². The van der Waals surface area contributed by atoms with Crippen molar-refractivity contribution in [2.45, 2.75) is 25.8 Å². The lowest BCUT2D eigenvalue weighted by molar-refractivity contribution is -0.133. The lowest BCUT2D eigenvalue weighted by Gasteiger charge is -2.41. The number of nitrogens with zero attached hydrogens (tertiary/aromatic N) is 7. The lowest BCUT2D eigenvalue weighted by Crippen LogP contribution is -2.54. The van der Waals surface area contributed by atoms with Crippen LogP contribution in [0.2, 0.25) is 0 Å². The first-order chi connectivity index (χ1) is 17.5. The second-order valence-electron chi connectivity index (χ2n) is 9.40. The summed E-state index contributed by atoms with van der Waals surface area (Å²) in [6.07, 6.45) is 6.86. The highest BCUT2D eigenvalue weighted by atomic mass is 19.1. The Balaban J connectivity index is 1.50. The van der Waals surface area contributed by atoms with Crippen LogP contribution in [0.4, 0.5) is 10.2 Å². The Kier molecular flexibility index (Phi) is 5.37. The predicted molar refractivity (Wildman–Crippen MR) is 133 cm³/mol. The van der Waals surface area contributed by atoms with Gasteiger partial charge < -0.3 is 9.80 Å². The summed E-state index contributed by atoms with van der Waals surface area (Å²) >= 11 is 0. The van der Waals surface area contributed by atoms with Crippen LogP contribution in [0, 0.1) is 23.1 Å². The smallest absolute Gasteiger partial charge is 0.225 e. The Morgan fingerprint density at radius 1 is 1.11 bits per heavy atom. The van der Waals surface area contributed by atoms with Gasteiger partial charge in [0, 0.05) is 55.1 Å². The molecule has 0 unspecified atom stereocenters. The number of halogens is 1. The zero-order chi connectivity index (χ0) is 24.8. The van der Waals surface area contributed by atoms with Gasteiger partial charge in [-0.2, -0.15) is 5.26 Å². The number of rotatable bonds is 4. The predicted octanol–water partition coefficient (Wildman–Crippen LogP) is 3.94. The summed E-state index contributed by atoms with van der Waals surface area (Å²) in [6.45, 7) is 3.93. The molecule has 36 heavy (non-hydrogen) atoms. The van der Waals surface area contributed by atoms with Gasteiger partial charge in [0.15, 0.2) is 5.65 Å². The van der Waals surface area contributed by atoms with E-state index < -0.39 is 0 Å². The van der Waals surface area contributed by atoms with Gasteiger partial charge >= 0.3 is 0 Å². The summed E-state index contributed by atoms with van der Waals surface area (Å²) < 4.78 is 16.8. The normalized spacial score (nSPS) is 17.9. The fourth-order valence-electron chi connectivity index (χ4n) is 5.00. The number of anilines is 1. The van der Waals surface area contributed by atoms with Crippen molar-refractivity contribution in [3.05, 3.63) is 66.5 Å². The molecular weight excluding hydrogens is 457 g/mol. The number of hydrogen-bond acceptors (Lipinski definition) is 6. The van der Waals surface area contributed by atoms with E-state index in [0.29, 0.717) is 59.0 Å². The topological polar surface area (TPSA) is 90.9 Å². The summed E-state index contributed by atoms with van der Waals surface area (Å²) in [6, 6.07) is 12.1. The number of carbonyl (C=O) groups excluding carboxylic acids is 1. The molecule has 4 heterocycles. The molecule has 3 aromatic heterocycles. The van der Waals surface area contributed by atoms with Crippen LogP contribution in [0.1, 0.15) is 25.3 Å². The first kappa shape index (κ1) is 22.2. The molecule has 1 atom stereocenters. The Labute approximate surface area is 207 Å². The Hall–Kier alpha value is -4.32. The molecule has 1 saturated carbocycles. The van der Waals surface area contributed by atoms with Gasteiger partial charge in [0.25, 0.3) is 0 Å². The number of benzene rings is 1. The van der Waals surface area contributed by atoms with Crippen molar-refractivity contribution < 1.29 is 9.18 Å². The minimum Gasteiger partial charge on any atom is -0.350 e. The van der Waals surface area contributed by atoms with Crippen molar-refractivity contribution in [1.29, 1.82) is 5.26 Å². The second-order valence-corrected chi connectivity index (χ2v) is 9.40. The van der Waals surface area contributed by atoms with Crippen LogP contribution in [0.5, 0.6) is 0 Å². The maximum Gasteiger partial charge on any atom is 0.225 e. The first-order valence-corrected chi connectivity index (χ1v) is 12.1. The van der Waals surface area contributed by atoms with Crippen molar-refractivity contribution in [3.63, 3.8) is 0 Å². The summed E-state index contributed by atoms with van der Waals surface area (Å²) in [4.78, 5) is 30.5. The van der Waals surface area contributed by atoms with E-state index in [1.165, 1.54) is 12.4 Å². The Bertz CT molecular complexity index is 1520. The van der Waals surface area contributed by atoms with E-state index in [1.807, 2.05) is 11.1 Å². The van der Waals surface area contributed by atoms with E-state index in [2.05, 4.69) is 32.8 Å². The summed E-state index contributed by atoms with van der Waals surface area (Å²) in [7, 11) is 0. The summed E-state index contributed by atoms with van der Waals surface area (Å²) in [5.41, 5.74) is 2.12. The molecule has 1 aromatic carbocycles. The van der Waals surface area contributed by atoms with E-state index in [1.54, 1.807) is 41.1 Å². The molecule has 1 amide bonds. The van der Waals surface area contributed by atoms with Crippen LogP contribution >= 0.6 is 0 Å². The average Bonchev–Trinajstić information content (AvgIpc) is 3.69. The van der Waals surface area contributed by atoms with Crippen molar-refractivity contribution in [3.8, 4) is 23.0 Å². The fourth-order valence-corrected chi connectivity index (χ4v) is 5.00. The largest absolute Gasteiger partial charge is 0.350 e. The summed E-state index contributed by atoms with van der Waals surface area (Å²) in [5.74, 6) is 1.29. The van der Waals surface area contributed by atoms with Crippen LogP contribution in [0.15, 0.2) is 55.1 Å². The van der Waals surface area contributed by atoms with Crippen LogP contribution in [-0.2, 0) is 4.79 Å². The number of hydrogen-bond donors (Lipinski definition) is 0. The van der Waals surface area contributed by atoms with Gasteiger partial charge in [-0.1, -0.05) is 18.2 Å². The molecular formula is C27H24FN7O. The molecule has 4 aromatic rings. The monoisotopic (exact) mass is 481 g/mol. The quantitative estimate of drug-likeness (QED) is 0.439. The van der Waals surface area contributed by atoms with E-state index in [9.17, 15) is 10.1 Å². The van der Waals surface area contributed by atoms with Crippen molar-refractivity contribution in [2.24, 2.45) is 5.92 Å². The summed E-state index contributed by atoms with van der Waals surface area (Å²) in [5, 5.41) is 10.1. The van der Waals surface area contributed by atoms with Crippen molar-refractivity contribution >= 4 is 22.8 Å². The first-order valence-electron chi connectivity index (χ1n) is 12.1. The molecule has 180 valence electrons. The van der Waals surface area contributed by atoms with Gasteiger partial charge in [0.1, 0.15) is 23.8 Å². The molecule has 0 spiro atoms. The molecule has 2 fully saturated rings. The van der Waals surface area contributed by atoms with E-state index in [-0.39, 0.29) is 23.7 Å². The van der Waals surface area contributed by atoms with Gasteiger partial charge in [-0.15, -0.1) is 0 Å². The van der Waals surface area contributed by atoms with E-state index in [0.717, 1.165) is 12.8 Å². The highest BCUT2D eigenvalue weighted by Crippen LogP contribution is 2.39. The Morgan fingerprint density at radius 2 is 1.94 bits per heavy atom. The van der Waals surface area contributed by atoms with Crippen LogP contribution in [-0.4, -0.2) is 56.0 Å². The van der Waals surface area contributed by atoms with E-state index in [4.69, 9.17) is 0 Å². The number of piperazine rings is 1. The van der Waals surface area contributed by atoms with Crippen LogP contribution in [0.3, 0.4) is 0 Å². The highest BCUT2D eigenvalue weighted by Gasteiger charge is 2.37. The number of carbonyl (C=O) groups is 1. The van der Waals surface area contributed by atoms with Crippen LogP contribution < -0.4 is 4.90 Å².